The van der Waals surface area contributed by atoms with Gasteiger partial charge in [0.1, 0.15) is 5.82 Å². The third-order valence-corrected chi connectivity index (χ3v) is 6.38. The predicted octanol–water partition coefficient (Wildman–Crippen LogP) is 1.55. The van der Waals surface area contributed by atoms with Gasteiger partial charge in [-0.2, -0.15) is 0 Å². The van der Waals surface area contributed by atoms with Gasteiger partial charge >= 0.3 is 0 Å². The average molecular weight is 314 g/mol. The maximum atomic E-state index is 13.8. The van der Waals surface area contributed by atoms with Gasteiger partial charge in [0.05, 0.1) is 5.25 Å². The molecular weight excluding hydrogens is 291 g/mol. The molecule has 1 aromatic carbocycles. The standard InChI is InChI=1S/C15H23FN2O2S/c1-18(10-12-6-3-4-7-13(12)16)15(11-17)9-5-8-14(15)21(2,19)20/h3-4,6-7,14H,5,8-11,17H2,1-2H3. The van der Waals surface area contributed by atoms with Crippen molar-refractivity contribution in [3.05, 3.63) is 35.6 Å². The van der Waals surface area contributed by atoms with E-state index < -0.39 is 20.6 Å². The van der Waals surface area contributed by atoms with E-state index in [0.29, 0.717) is 18.5 Å². The highest BCUT2D eigenvalue weighted by atomic mass is 32.2. The zero-order chi connectivity index (χ0) is 15.7. The average Bonchev–Trinajstić information content (AvgIpc) is 2.86. The van der Waals surface area contributed by atoms with E-state index in [0.717, 1.165) is 12.8 Å². The van der Waals surface area contributed by atoms with Gasteiger partial charge in [-0.05, 0) is 26.0 Å². The van der Waals surface area contributed by atoms with Crippen molar-refractivity contribution in [3.8, 4) is 0 Å². The molecule has 0 heterocycles. The molecule has 1 saturated carbocycles. The molecule has 2 rings (SSSR count). The highest BCUT2D eigenvalue weighted by molar-refractivity contribution is 7.91. The molecule has 21 heavy (non-hydrogen) atoms. The quantitative estimate of drug-likeness (QED) is 0.896. The maximum absolute atomic E-state index is 13.8. The molecule has 4 nitrogen and oxygen atoms in total. The molecule has 1 aliphatic rings. The van der Waals surface area contributed by atoms with Crippen molar-refractivity contribution in [3.63, 3.8) is 0 Å². The number of halogens is 1. The summed E-state index contributed by atoms with van der Waals surface area (Å²) in [6.07, 6.45) is 3.45. The van der Waals surface area contributed by atoms with Gasteiger partial charge in [0.15, 0.2) is 9.84 Å². The number of hydrogen-bond acceptors (Lipinski definition) is 4. The van der Waals surface area contributed by atoms with E-state index in [9.17, 15) is 12.8 Å². The van der Waals surface area contributed by atoms with Crippen LogP contribution in [0.1, 0.15) is 24.8 Å². The minimum absolute atomic E-state index is 0.260. The van der Waals surface area contributed by atoms with E-state index in [-0.39, 0.29) is 12.4 Å². The molecule has 2 unspecified atom stereocenters. The number of nitrogens with zero attached hydrogens (tertiary/aromatic N) is 1. The van der Waals surface area contributed by atoms with E-state index in [1.54, 1.807) is 18.2 Å². The van der Waals surface area contributed by atoms with E-state index in [4.69, 9.17) is 5.73 Å². The van der Waals surface area contributed by atoms with Gasteiger partial charge in [-0.3, -0.25) is 4.90 Å². The summed E-state index contributed by atoms with van der Waals surface area (Å²) in [6.45, 7) is 0.617. The summed E-state index contributed by atoms with van der Waals surface area (Å²) in [7, 11) is -1.35. The second-order valence-corrected chi connectivity index (χ2v) is 8.19. The molecule has 0 saturated heterocycles. The molecule has 0 spiro atoms. The molecule has 2 N–H and O–H groups in total. The van der Waals surface area contributed by atoms with Crippen LogP contribution in [0.5, 0.6) is 0 Å². The molecular formula is C15H23FN2O2S. The lowest BCUT2D eigenvalue weighted by Crippen LogP contribution is -2.58. The Labute approximate surface area is 126 Å². The molecule has 118 valence electrons. The molecule has 0 amide bonds. The fourth-order valence-electron chi connectivity index (χ4n) is 3.50. The molecule has 1 fully saturated rings. The van der Waals surface area contributed by atoms with Gasteiger partial charge < -0.3 is 5.73 Å². The van der Waals surface area contributed by atoms with Crippen LogP contribution in [0.3, 0.4) is 0 Å². The lowest BCUT2D eigenvalue weighted by atomic mass is 9.94. The van der Waals surface area contributed by atoms with Crippen molar-refractivity contribution >= 4 is 9.84 Å². The Kier molecular flexibility index (Phi) is 4.70. The smallest absolute Gasteiger partial charge is 0.152 e. The Hall–Kier alpha value is -0.980. The van der Waals surface area contributed by atoms with Crippen molar-refractivity contribution in [1.82, 2.24) is 4.90 Å². The number of nitrogens with two attached hydrogens (primary N) is 1. The molecule has 0 bridgehead atoms. The Balaban J connectivity index is 2.30. The Bertz CT molecular complexity index is 605. The molecule has 0 radical (unpaired) electrons. The van der Waals surface area contributed by atoms with Crippen molar-refractivity contribution in [2.75, 3.05) is 19.8 Å². The monoisotopic (exact) mass is 314 g/mol. The number of hydrogen-bond donors (Lipinski definition) is 1. The Morgan fingerprint density at radius 3 is 2.67 bits per heavy atom. The largest absolute Gasteiger partial charge is 0.329 e. The fourth-order valence-corrected chi connectivity index (χ4v) is 5.29. The van der Waals surface area contributed by atoms with Gasteiger partial charge in [-0.1, -0.05) is 24.6 Å². The molecule has 2 atom stereocenters. The van der Waals surface area contributed by atoms with Crippen molar-refractivity contribution in [1.29, 1.82) is 0 Å². The van der Waals surface area contributed by atoms with Gasteiger partial charge in [0, 0.05) is 30.4 Å². The molecule has 1 aromatic rings. The lowest BCUT2D eigenvalue weighted by molar-refractivity contribution is 0.125. The maximum Gasteiger partial charge on any atom is 0.152 e. The van der Waals surface area contributed by atoms with Crippen molar-refractivity contribution in [2.24, 2.45) is 5.73 Å². The van der Waals surface area contributed by atoms with Crippen molar-refractivity contribution < 1.29 is 12.8 Å². The zero-order valence-electron chi connectivity index (χ0n) is 12.5. The number of benzene rings is 1. The van der Waals surface area contributed by atoms with Crippen molar-refractivity contribution in [2.45, 2.75) is 36.6 Å². The Morgan fingerprint density at radius 1 is 1.43 bits per heavy atom. The lowest BCUT2D eigenvalue weighted by Gasteiger charge is -2.42. The van der Waals surface area contributed by atoms with E-state index >= 15 is 0 Å². The minimum Gasteiger partial charge on any atom is -0.329 e. The van der Waals surface area contributed by atoms with Crippen LogP contribution >= 0.6 is 0 Å². The summed E-state index contributed by atoms with van der Waals surface area (Å²) >= 11 is 0. The summed E-state index contributed by atoms with van der Waals surface area (Å²) < 4.78 is 38.0. The van der Waals surface area contributed by atoms with Gasteiger partial charge in [0.25, 0.3) is 0 Å². The van der Waals surface area contributed by atoms with Crippen LogP contribution < -0.4 is 5.73 Å². The normalized spacial score (nSPS) is 26.4. The highest BCUT2D eigenvalue weighted by Crippen LogP contribution is 2.39. The van der Waals surface area contributed by atoms with Crippen LogP contribution in [0.15, 0.2) is 24.3 Å². The summed E-state index contributed by atoms with van der Waals surface area (Å²) in [5.41, 5.74) is 5.91. The third-order valence-electron chi connectivity index (χ3n) is 4.67. The van der Waals surface area contributed by atoms with Gasteiger partial charge in [-0.15, -0.1) is 0 Å². The molecule has 0 aromatic heterocycles. The number of rotatable bonds is 5. The van der Waals surface area contributed by atoms with E-state index in [1.165, 1.54) is 12.3 Å². The summed E-state index contributed by atoms with van der Waals surface area (Å²) in [5, 5.41) is -0.480. The van der Waals surface area contributed by atoms with E-state index in [2.05, 4.69) is 0 Å². The molecule has 1 aliphatic carbocycles. The summed E-state index contributed by atoms with van der Waals surface area (Å²) in [6, 6.07) is 6.57. The predicted molar refractivity (Wildman–Crippen MR) is 82.1 cm³/mol. The number of sulfone groups is 1. The molecule has 0 aliphatic heterocycles. The molecule has 6 heteroatoms. The minimum atomic E-state index is -3.19. The van der Waals surface area contributed by atoms with E-state index in [1.807, 2.05) is 11.9 Å². The second kappa shape index (κ2) is 6.02. The van der Waals surface area contributed by atoms with Crippen LogP contribution in [0.2, 0.25) is 0 Å². The van der Waals surface area contributed by atoms with Gasteiger partial charge in [0.2, 0.25) is 0 Å². The van der Waals surface area contributed by atoms with Crippen LogP contribution in [0.4, 0.5) is 4.39 Å². The van der Waals surface area contributed by atoms with Crippen LogP contribution in [-0.2, 0) is 16.4 Å². The fraction of sp³-hybridized carbons (Fsp3) is 0.600. The first-order chi connectivity index (χ1) is 9.81. The SMILES string of the molecule is CN(Cc1ccccc1F)C1(CN)CCCC1S(C)(=O)=O. The first kappa shape index (κ1) is 16.4. The first-order valence-corrected chi connectivity index (χ1v) is 9.10. The second-order valence-electron chi connectivity index (χ2n) is 5.97. The topological polar surface area (TPSA) is 63.4 Å². The zero-order valence-corrected chi connectivity index (χ0v) is 13.4. The number of likely N-dealkylation sites (N-methyl/N-ethyl adjacent to an activating group) is 1. The van der Waals surface area contributed by atoms with Crippen LogP contribution in [0, 0.1) is 5.82 Å². The van der Waals surface area contributed by atoms with Crippen LogP contribution in [-0.4, -0.2) is 44.0 Å². The summed E-state index contributed by atoms with van der Waals surface area (Å²) in [5.74, 6) is -0.273. The third kappa shape index (κ3) is 3.12. The highest BCUT2D eigenvalue weighted by Gasteiger charge is 2.49. The van der Waals surface area contributed by atoms with Crippen LogP contribution in [0.25, 0.3) is 0 Å². The van der Waals surface area contributed by atoms with Gasteiger partial charge in [-0.25, -0.2) is 12.8 Å². The summed E-state index contributed by atoms with van der Waals surface area (Å²) in [4.78, 5) is 1.92. The Morgan fingerprint density at radius 2 is 2.10 bits per heavy atom. The first-order valence-electron chi connectivity index (χ1n) is 7.15.